The number of nitrogens with zero attached hydrogens (tertiary/aromatic N) is 1. The van der Waals surface area contributed by atoms with Gasteiger partial charge in [0.25, 0.3) is 0 Å². The Hall–Kier alpha value is -2.34. The summed E-state index contributed by atoms with van der Waals surface area (Å²) >= 11 is 1.37. The van der Waals surface area contributed by atoms with Crippen LogP contribution >= 0.6 is 11.8 Å². The average Bonchev–Trinajstić information content (AvgIpc) is 2.50. The van der Waals surface area contributed by atoms with Crippen molar-refractivity contribution in [3.05, 3.63) is 53.7 Å². The van der Waals surface area contributed by atoms with Crippen molar-refractivity contribution in [1.29, 1.82) is 0 Å². The minimum atomic E-state index is -0.522. The number of benzene rings is 1. The van der Waals surface area contributed by atoms with Crippen molar-refractivity contribution in [2.24, 2.45) is 5.73 Å². The second-order valence-electron chi connectivity index (χ2n) is 4.81. The van der Waals surface area contributed by atoms with Gasteiger partial charge in [-0.2, -0.15) is 0 Å². The summed E-state index contributed by atoms with van der Waals surface area (Å²) in [5, 5.41) is 3.30. The molecule has 1 unspecified atom stereocenters. The van der Waals surface area contributed by atoms with E-state index in [1.165, 1.54) is 11.8 Å². The molecule has 1 atom stereocenters. The number of anilines is 1. The van der Waals surface area contributed by atoms with E-state index in [2.05, 4.69) is 10.3 Å². The summed E-state index contributed by atoms with van der Waals surface area (Å²) in [6.07, 6.45) is 1.69. The Balaban J connectivity index is 2.08. The highest BCUT2D eigenvalue weighted by molar-refractivity contribution is 8.00. The topological polar surface area (TPSA) is 85.1 Å². The number of amides is 2. The van der Waals surface area contributed by atoms with E-state index in [1.807, 2.05) is 32.0 Å². The highest BCUT2D eigenvalue weighted by atomic mass is 32.2. The fourth-order valence-electron chi connectivity index (χ4n) is 1.80. The number of aryl methyl sites for hydroxylation is 1. The summed E-state index contributed by atoms with van der Waals surface area (Å²) in [5.74, 6) is -0.674. The fraction of sp³-hybridized carbons (Fsp3) is 0.188. The maximum absolute atomic E-state index is 12.3. The van der Waals surface area contributed by atoms with Gasteiger partial charge in [0.2, 0.25) is 11.8 Å². The van der Waals surface area contributed by atoms with Gasteiger partial charge in [-0.25, -0.2) is 4.98 Å². The standard InChI is InChI=1S/C16H17N3O2S/c1-10-6-7-12(15(17)20)9-13(10)19-16(21)11(2)22-14-5-3-4-8-18-14/h3-9,11H,1-2H3,(H2,17,20)(H,19,21). The van der Waals surface area contributed by atoms with Crippen molar-refractivity contribution in [3.8, 4) is 0 Å². The monoisotopic (exact) mass is 315 g/mol. The third-order valence-electron chi connectivity index (χ3n) is 3.08. The summed E-state index contributed by atoms with van der Waals surface area (Å²) in [5.41, 5.74) is 7.09. The Kier molecular flexibility index (Phi) is 5.16. The van der Waals surface area contributed by atoms with Gasteiger partial charge in [0.05, 0.1) is 10.3 Å². The number of hydrogen-bond donors (Lipinski definition) is 2. The minimum absolute atomic E-state index is 0.152. The predicted octanol–water partition coefficient (Wildman–Crippen LogP) is 2.61. The zero-order valence-electron chi connectivity index (χ0n) is 12.4. The van der Waals surface area contributed by atoms with Crippen molar-refractivity contribution in [2.75, 3.05) is 5.32 Å². The molecule has 114 valence electrons. The highest BCUT2D eigenvalue weighted by Gasteiger charge is 2.16. The fourth-order valence-corrected chi connectivity index (χ4v) is 2.60. The molecule has 0 spiro atoms. The molecule has 5 nitrogen and oxygen atoms in total. The van der Waals surface area contributed by atoms with Crippen LogP contribution in [0.4, 0.5) is 5.69 Å². The number of carbonyl (C=O) groups is 2. The summed E-state index contributed by atoms with van der Waals surface area (Å²) in [4.78, 5) is 27.7. The Labute approximate surface area is 133 Å². The Morgan fingerprint density at radius 3 is 2.68 bits per heavy atom. The van der Waals surface area contributed by atoms with E-state index in [4.69, 9.17) is 5.73 Å². The number of primary amides is 1. The summed E-state index contributed by atoms with van der Waals surface area (Å²) in [6, 6.07) is 10.5. The lowest BCUT2D eigenvalue weighted by atomic mass is 10.1. The van der Waals surface area contributed by atoms with Crippen molar-refractivity contribution in [3.63, 3.8) is 0 Å². The van der Waals surface area contributed by atoms with Gasteiger partial charge in [-0.05, 0) is 43.7 Å². The molecule has 6 heteroatoms. The first kappa shape index (κ1) is 16.0. The molecule has 2 amide bonds. The quantitative estimate of drug-likeness (QED) is 0.831. The van der Waals surface area contributed by atoms with E-state index in [0.29, 0.717) is 11.3 Å². The first-order valence-corrected chi connectivity index (χ1v) is 7.64. The van der Waals surface area contributed by atoms with Crippen molar-refractivity contribution < 1.29 is 9.59 Å². The highest BCUT2D eigenvalue weighted by Crippen LogP contribution is 2.23. The number of thioether (sulfide) groups is 1. The van der Waals surface area contributed by atoms with Gasteiger partial charge >= 0.3 is 0 Å². The molecule has 1 aromatic heterocycles. The lowest BCUT2D eigenvalue weighted by Gasteiger charge is -2.13. The molecular weight excluding hydrogens is 298 g/mol. The summed E-state index contributed by atoms with van der Waals surface area (Å²) < 4.78 is 0. The molecule has 0 aliphatic carbocycles. The molecule has 0 saturated carbocycles. The van der Waals surface area contributed by atoms with Gasteiger partial charge in [-0.3, -0.25) is 9.59 Å². The molecule has 3 N–H and O–H groups in total. The zero-order valence-corrected chi connectivity index (χ0v) is 13.2. The number of aromatic nitrogens is 1. The first-order valence-electron chi connectivity index (χ1n) is 6.76. The lowest BCUT2D eigenvalue weighted by Crippen LogP contribution is -2.23. The van der Waals surface area contributed by atoms with Crippen LogP contribution in [-0.2, 0) is 4.79 Å². The summed E-state index contributed by atoms with van der Waals surface area (Å²) in [7, 11) is 0. The molecule has 0 fully saturated rings. The molecule has 0 radical (unpaired) electrons. The van der Waals surface area contributed by atoms with Crippen LogP contribution in [0, 0.1) is 6.92 Å². The average molecular weight is 315 g/mol. The van der Waals surface area contributed by atoms with Crippen LogP contribution in [0.3, 0.4) is 0 Å². The third kappa shape index (κ3) is 4.08. The second-order valence-corrected chi connectivity index (χ2v) is 6.17. The van der Waals surface area contributed by atoms with Crippen LogP contribution in [0.1, 0.15) is 22.8 Å². The lowest BCUT2D eigenvalue weighted by molar-refractivity contribution is -0.115. The van der Waals surface area contributed by atoms with E-state index in [-0.39, 0.29) is 11.2 Å². The number of hydrogen-bond acceptors (Lipinski definition) is 4. The SMILES string of the molecule is Cc1ccc(C(N)=O)cc1NC(=O)C(C)Sc1ccccn1. The van der Waals surface area contributed by atoms with Crippen LogP contribution < -0.4 is 11.1 Å². The van der Waals surface area contributed by atoms with E-state index in [9.17, 15) is 9.59 Å². The first-order chi connectivity index (χ1) is 10.5. The zero-order chi connectivity index (χ0) is 16.1. The van der Waals surface area contributed by atoms with Crippen LogP contribution in [-0.4, -0.2) is 22.0 Å². The number of carbonyl (C=O) groups excluding carboxylic acids is 2. The van der Waals surface area contributed by atoms with Crippen molar-refractivity contribution in [2.45, 2.75) is 24.1 Å². The Morgan fingerprint density at radius 2 is 2.05 bits per heavy atom. The molecule has 0 aliphatic rings. The van der Waals surface area contributed by atoms with Crippen LogP contribution in [0.15, 0.2) is 47.6 Å². The smallest absolute Gasteiger partial charge is 0.248 e. The second kappa shape index (κ2) is 7.09. The Bertz CT molecular complexity index is 689. The molecule has 1 heterocycles. The molecule has 2 aromatic rings. The van der Waals surface area contributed by atoms with E-state index in [0.717, 1.165) is 10.6 Å². The number of rotatable bonds is 5. The molecule has 1 aromatic carbocycles. The maximum atomic E-state index is 12.3. The Morgan fingerprint density at radius 1 is 1.27 bits per heavy atom. The van der Waals surface area contributed by atoms with Gasteiger partial charge in [0, 0.05) is 17.4 Å². The molecule has 22 heavy (non-hydrogen) atoms. The number of pyridine rings is 1. The summed E-state index contributed by atoms with van der Waals surface area (Å²) in [6.45, 7) is 3.67. The van der Waals surface area contributed by atoms with Gasteiger partial charge < -0.3 is 11.1 Å². The largest absolute Gasteiger partial charge is 0.366 e. The van der Waals surface area contributed by atoms with Gasteiger partial charge in [-0.1, -0.05) is 23.9 Å². The van der Waals surface area contributed by atoms with Crippen LogP contribution in [0.25, 0.3) is 0 Å². The molecule has 0 aliphatic heterocycles. The normalized spacial score (nSPS) is 11.7. The number of nitrogens with two attached hydrogens (primary N) is 1. The third-order valence-corrected chi connectivity index (χ3v) is 4.14. The van der Waals surface area contributed by atoms with Gasteiger partial charge in [0.15, 0.2) is 0 Å². The van der Waals surface area contributed by atoms with Crippen molar-refractivity contribution >= 4 is 29.3 Å². The maximum Gasteiger partial charge on any atom is 0.248 e. The minimum Gasteiger partial charge on any atom is -0.366 e. The predicted molar refractivity (Wildman–Crippen MR) is 87.9 cm³/mol. The van der Waals surface area contributed by atoms with Crippen LogP contribution in [0.5, 0.6) is 0 Å². The molecular formula is C16H17N3O2S. The van der Waals surface area contributed by atoms with E-state index in [1.54, 1.807) is 24.4 Å². The van der Waals surface area contributed by atoms with Gasteiger partial charge in [0.1, 0.15) is 0 Å². The van der Waals surface area contributed by atoms with Crippen molar-refractivity contribution in [1.82, 2.24) is 4.98 Å². The van der Waals surface area contributed by atoms with E-state index < -0.39 is 5.91 Å². The molecule has 0 bridgehead atoms. The number of nitrogens with one attached hydrogen (secondary N) is 1. The van der Waals surface area contributed by atoms with Crippen LogP contribution in [0.2, 0.25) is 0 Å². The van der Waals surface area contributed by atoms with Gasteiger partial charge in [-0.15, -0.1) is 0 Å². The van der Waals surface area contributed by atoms with E-state index >= 15 is 0 Å². The molecule has 2 rings (SSSR count). The molecule has 0 saturated heterocycles.